The number of ether oxygens (including phenoxy) is 2. The van der Waals surface area contributed by atoms with Gasteiger partial charge < -0.3 is 14.6 Å². The third-order valence-electron chi connectivity index (χ3n) is 2.09. The van der Waals surface area contributed by atoms with Crippen LogP contribution in [0.2, 0.25) is 0 Å². The summed E-state index contributed by atoms with van der Waals surface area (Å²) in [6.45, 7) is 4.53. The highest BCUT2D eigenvalue weighted by molar-refractivity contribution is 4.86. The normalized spacial score (nSPS) is 38.5. The Morgan fingerprint density at radius 2 is 2.18 bits per heavy atom. The third kappa shape index (κ3) is 1.72. The second-order valence-corrected chi connectivity index (χ2v) is 3.31. The Morgan fingerprint density at radius 3 is 2.55 bits per heavy atom. The largest absolute Gasteiger partial charge is 0.388 e. The van der Waals surface area contributed by atoms with Gasteiger partial charge in [-0.3, -0.25) is 0 Å². The maximum Gasteiger partial charge on any atom is 0.112 e. The van der Waals surface area contributed by atoms with E-state index in [4.69, 9.17) is 9.47 Å². The summed E-state index contributed by atoms with van der Waals surface area (Å²) in [4.78, 5) is 0. The van der Waals surface area contributed by atoms with Gasteiger partial charge in [-0.2, -0.15) is 0 Å². The minimum absolute atomic E-state index is 0.0509. The van der Waals surface area contributed by atoms with Gasteiger partial charge in [-0.05, 0) is 5.92 Å². The van der Waals surface area contributed by atoms with Crippen molar-refractivity contribution < 1.29 is 14.6 Å². The van der Waals surface area contributed by atoms with Crippen LogP contribution < -0.4 is 0 Å². The summed E-state index contributed by atoms with van der Waals surface area (Å²) >= 11 is 0. The minimum atomic E-state index is -0.451. The molecule has 0 radical (unpaired) electrons. The second kappa shape index (κ2) is 3.52. The van der Waals surface area contributed by atoms with Gasteiger partial charge in [-0.25, -0.2) is 0 Å². The summed E-state index contributed by atoms with van der Waals surface area (Å²) in [6, 6.07) is 0. The van der Waals surface area contributed by atoms with Crippen LogP contribution in [0.15, 0.2) is 0 Å². The lowest BCUT2D eigenvalue weighted by atomic mass is 10.0. The summed E-state index contributed by atoms with van der Waals surface area (Å²) in [7, 11) is 1.61. The van der Waals surface area contributed by atoms with Gasteiger partial charge >= 0.3 is 0 Å². The zero-order chi connectivity index (χ0) is 8.43. The van der Waals surface area contributed by atoms with Gasteiger partial charge in [0.1, 0.15) is 12.2 Å². The van der Waals surface area contributed by atoms with Crippen LogP contribution in [0, 0.1) is 5.92 Å². The fourth-order valence-corrected chi connectivity index (χ4v) is 1.48. The number of hydrogen-bond acceptors (Lipinski definition) is 3. The van der Waals surface area contributed by atoms with Crippen molar-refractivity contribution >= 4 is 0 Å². The zero-order valence-electron chi connectivity index (χ0n) is 7.28. The standard InChI is InChI=1S/C8H16O3/c1-5(2)7-8(10-3)6(9)4-11-7/h5-9H,4H2,1-3H3/t6-,7-,8-/m1/s1. The van der Waals surface area contributed by atoms with Gasteiger partial charge in [-0.1, -0.05) is 13.8 Å². The molecule has 0 aromatic heterocycles. The molecule has 11 heavy (non-hydrogen) atoms. The SMILES string of the molecule is CO[C@@H]1[C@H](O)CO[C@@H]1C(C)C. The zero-order valence-corrected chi connectivity index (χ0v) is 7.28. The van der Waals surface area contributed by atoms with Gasteiger partial charge in [-0.15, -0.1) is 0 Å². The average molecular weight is 160 g/mol. The summed E-state index contributed by atoms with van der Waals surface area (Å²) < 4.78 is 10.5. The van der Waals surface area contributed by atoms with E-state index in [-0.39, 0.29) is 12.2 Å². The Balaban J connectivity index is 2.54. The van der Waals surface area contributed by atoms with E-state index in [1.165, 1.54) is 0 Å². The lowest BCUT2D eigenvalue weighted by Crippen LogP contribution is -2.35. The van der Waals surface area contributed by atoms with E-state index in [1.54, 1.807) is 7.11 Å². The lowest BCUT2D eigenvalue weighted by molar-refractivity contribution is -0.0275. The first-order valence-electron chi connectivity index (χ1n) is 3.99. The Hall–Kier alpha value is -0.120. The third-order valence-corrected chi connectivity index (χ3v) is 2.09. The van der Waals surface area contributed by atoms with Crippen molar-refractivity contribution in [2.24, 2.45) is 5.92 Å². The molecule has 1 aliphatic heterocycles. The van der Waals surface area contributed by atoms with Gasteiger partial charge in [0.05, 0.1) is 12.7 Å². The maximum absolute atomic E-state index is 9.36. The molecule has 0 amide bonds. The average Bonchev–Trinajstić information content (AvgIpc) is 2.30. The van der Waals surface area contributed by atoms with Crippen LogP contribution in [0.25, 0.3) is 0 Å². The Labute approximate surface area is 67.3 Å². The summed E-state index contributed by atoms with van der Waals surface area (Å²) in [5, 5.41) is 9.36. The molecule has 1 heterocycles. The molecule has 0 aromatic carbocycles. The second-order valence-electron chi connectivity index (χ2n) is 3.31. The van der Waals surface area contributed by atoms with E-state index >= 15 is 0 Å². The molecular weight excluding hydrogens is 144 g/mol. The van der Waals surface area contributed by atoms with Crippen LogP contribution >= 0.6 is 0 Å². The molecule has 0 bridgehead atoms. The minimum Gasteiger partial charge on any atom is -0.388 e. The van der Waals surface area contributed by atoms with E-state index < -0.39 is 6.10 Å². The van der Waals surface area contributed by atoms with Gasteiger partial charge in [0.2, 0.25) is 0 Å². The fourth-order valence-electron chi connectivity index (χ4n) is 1.48. The fraction of sp³-hybridized carbons (Fsp3) is 1.00. The molecule has 1 N–H and O–H groups in total. The van der Waals surface area contributed by atoms with Crippen LogP contribution in [0.1, 0.15) is 13.8 Å². The van der Waals surface area contributed by atoms with Crippen molar-refractivity contribution in [3.05, 3.63) is 0 Å². The highest BCUT2D eigenvalue weighted by Crippen LogP contribution is 2.23. The van der Waals surface area contributed by atoms with Gasteiger partial charge in [0, 0.05) is 7.11 Å². The highest BCUT2D eigenvalue weighted by atomic mass is 16.6. The van der Waals surface area contributed by atoms with Gasteiger partial charge in [0.15, 0.2) is 0 Å². The molecule has 1 fully saturated rings. The first-order valence-corrected chi connectivity index (χ1v) is 3.99. The maximum atomic E-state index is 9.36. The molecule has 0 aromatic rings. The van der Waals surface area contributed by atoms with E-state index in [9.17, 15) is 5.11 Å². The van der Waals surface area contributed by atoms with Crippen LogP contribution in [0.5, 0.6) is 0 Å². The molecule has 1 saturated heterocycles. The molecule has 66 valence electrons. The number of rotatable bonds is 2. The summed E-state index contributed by atoms with van der Waals surface area (Å²) in [5.74, 6) is 0.400. The molecule has 1 aliphatic rings. The predicted octanol–water partition coefficient (Wildman–Crippen LogP) is 0.417. The van der Waals surface area contributed by atoms with Crippen LogP contribution in [-0.4, -0.2) is 37.1 Å². The molecule has 1 rings (SSSR count). The van der Waals surface area contributed by atoms with Crippen molar-refractivity contribution in [3.63, 3.8) is 0 Å². The van der Waals surface area contributed by atoms with Crippen LogP contribution in [0.4, 0.5) is 0 Å². The number of aliphatic hydroxyl groups is 1. The summed E-state index contributed by atoms with van der Waals surface area (Å²) in [6.07, 6.45) is -0.544. The summed E-state index contributed by atoms with van der Waals surface area (Å²) in [5.41, 5.74) is 0. The van der Waals surface area contributed by atoms with Gasteiger partial charge in [0.25, 0.3) is 0 Å². The Kier molecular flexibility index (Phi) is 2.87. The van der Waals surface area contributed by atoms with Crippen LogP contribution in [0.3, 0.4) is 0 Å². The quantitative estimate of drug-likeness (QED) is 0.636. The number of methoxy groups -OCH3 is 1. The smallest absolute Gasteiger partial charge is 0.112 e. The molecule has 3 heteroatoms. The number of hydrogen-bond donors (Lipinski definition) is 1. The van der Waals surface area contributed by atoms with Crippen LogP contribution in [-0.2, 0) is 9.47 Å². The van der Waals surface area contributed by atoms with E-state index in [0.717, 1.165) is 0 Å². The molecule has 0 aliphatic carbocycles. The first-order chi connectivity index (χ1) is 5.16. The molecule has 3 atom stereocenters. The van der Waals surface area contributed by atoms with E-state index in [0.29, 0.717) is 12.5 Å². The van der Waals surface area contributed by atoms with Crippen molar-refractivity contribution in [3.8, 4) is 0 Å². The van der Waals surface area contributed by atoms with Crippen molar-refractivity contribution in [1.29, 1.82) is 0 Å². The molecule has 0 unspecified atom stereocenters. The Bertz CT molecular complexity index is 125. The van der Waals surface area contributed by atoms with Crippen molar-refractivity contribution in [1.82, 2.24) is 0 Å². The molecular formula is C8H16O3. The highest BCUT2D eigenvalue weighted by Gasteiger charge is 2.37. The molecule has 0 spiro atoms. The topological polar surface area (TPSA) is 38.7 Å². The van der Waals surface area contributed by atoms with Crippen molar-refractivity contribution in [2.75, 3.05) is 13.7 Å². The lowest BCUT2D eigenvalue weighted by Gasteiger charge is -2.21. The van der Waals surface area contributed by atoms with E-state index in [1.807, 2.05) is 0 Å². The predicted molar refractivity (Wildman–Crippen MR) is 41.4 cm³/mol. The number of aliphatic hydroxyl groups excluding tert-OH is 1. The molecule has 3 nitrogen and oxygen atoms in total. The molecule has 0 saturated carbocycles. The monoisotopic (exact) mass is 160 g/mol. The Morgan fingerprint density at radius 1 is 1.55 bits per heavy atom. The van der Waals surface area contributed by atoms with E-state index in [2.05, 4.69) is 13.8 Å². The first kappa shape index (κ1) is 8.97. The van der Waals surface area contributed by atoms with Crippen molar-refractivity contribution in [2.45, 2.75) is 32.2 Å².